The van der Waals surface area contributed by atoms with Crippen LogP contribution in [0.3, 0.4) is 0 Å². The summed E-state index contributed by atoms with van der Waals surface area (Å²) >= 11 is 6.68. The van der Waals surface area contributed by atoms with Crippen molar-refractivity contribution in [2.45, 2.75) is 95.7 Å². The van der Waals surface area contributed by atoms with Crippen LogP contribution in [0.5, 0.6) is 5.75 Å². The number of nitrogens with one attached hydrogen (secondary N) is 1. The van der Waals surface area contributed by atoms with Gasteiger partial charge in [-0.05, 0) is 44.9 Å². The summed E-state index contributed by atoms with van der Waals surface area (Å²) in [5.74, 6) is -1.76. The van der Waals surface area contributed by atoms with Crippen LogP contribution in [0.1, 0.15) is 53.0 Å². The van der Waals surface area contributed by atoms with Gasteiger partial charge in [0.05, 0.1) is 25.3 Å². The average molecular weight is 678 g/mol. The molecule has 3 aliphatic heterocycles. The average Bonchev–Trinajstić information content (AvgIpc) is 3.70. The Hall–Kier alpha value is -3.65. The summed E-state index contributed by atoms with van der Waals surface area (Å²) in [4.78, 5) is 54.4. The molecule has 0 aromatic heterocycles. The highest BCUT2D eigenvalue weighted by Gasteiger charge is 2.64. The van der Waals surface area contributed by atoms with Gasteiger partial charge in [0.15, 0.2) is 5.72 Å². The minimum Gasteiger partial charge on any atom is -0.495 e. The van der Waals surface area contributed by atoms with Crippen LogP contribution in [0.15, 0.2) is 35.9 Å². The lowest BCUT2D eigenvalue weighted by molar-refractivity contribution is -0.161. The number of likely N-dealkylation sites (N-methyl/N-ethyl adjacent to an activating group) is 1. The van der Waals surface area contributed by atoms with Crippen molar-refractivity contribution in [3.8, 4) is 5.75 Å². The maximum absolute atomic E-state index is 13.9. The number of allylic oxidation sites excluding steroid dienone is 3. The second kappa shape index (κ2) is 13.8. The first-order valence-corrected chi connectivity index (χ1v) is 15.8. The molecule has 0 aliphatic carbocycles. The summed E-state index contributed by atoms with van der Waals surface area (Å²) in [6, 6.07) is 2.56. The van der Waals surface area contributed by atoms with Crippen molar-refractivity contribution < 1.29 is 48.3 Å². The van der Waals surface area contributed by atoms with Gasteiger partial charge in [-0.1, -0.05) is 42.3 Å². The number of methoxy groups -OCH3 is 1. The van der Waals surface area contributed by atoms with Crippen molar-refractivity contribution in [3.05, 3.63) is 46.5 Å². The van der Waals surface area contributed by atoms with Gasteiger partial charge in [-0.2, -0.15) is 0 Å². The number of nitrogens with zero attached hydrogens (tertiary/aromatic N) is 2. The second-order valence-electron chi connectivity index (χ2n) is 12.8. The zero-order valence-electron chi connectivity index (χ0n) is 27.9. The van der Waals surface area contributed by atoms with Gasteiger partial charge in [0.2, 0.25) is 11.8 Å². The molecule has 3 amide bonds. The maximum Gasteiger partial charge on any atom is 0.409 e. The number of epoxide rings is 1. The molecule has 3 heterocycles. The number of fused-ring (bicyclic) bond motifs is 5. The van der Waals surface area contributed by atoms with Gasteiger partial charge in [-0.15, -0.1) is 0 Å². The molecule has 1 aromatic carbocycles. The van der Waals surface area contributed by atoms with Crippen LogP contribution in [0.25, 0.3) is 0 Å². The van der Waals surface area contributed by atoms with Gasteiger partial charge < -0.3 is 39.0 Å². The number of anilines is 1. The lowest BCUT2D eigenvalue weighted by Crippen LogP contribution is -2.63. The van der Waals surface area contributed by atoms with E-state index in [-0.39, 0.29) is 23.8 Å². The monoisotopic (exact) mass is 677 g/mol. The third-order valence-electron chi connectivity index (χ3n) is 9.40. The molecule has 2 saturated heterocycles. The number of halogens is 1. The van der Waals surface area contributed by atoms with Gasteiger partial charge in [-0.3, -0.25) is 14.9 Å². The molecule has 258 valence electrons. The quantitative estimate of drug-likeness (QED) is 0.318. The van der Waals surface area contributed by atoms with Gasteiger partial charge in [-0.25, -0.2) is 9.59 Å². The smallest absolute Gasteiger partial charge is 0.409 e. The number of hydrogen-bond acceptors (Lipinski definition) is 10. The fraction of sp³-hybridized carbons (Fsp3) is 0.576. The van der Waals surface area contributed by atoms with Gasteiger partial charge in [0.25, 0.3) is 0 Å². The van der Waals surface area contributed by atoms with Crippen LogP contribution in [-0.2, 0) is 35.0 Å². The van der Waals surface area contributed by atoms with E-state index in [1.165, 1.54) is 43.9 Å². The summed E-state index contributed by atoms with van der Waals surface area (Å²) in [7, 11) is 4.49. The van der Waals surface area contributed by atoms with E-state index in [9.17, 15) is 29.4 Å². The molecular weight excluding hydrogens is 634 g/mol. The number of alkyl carbamates (subject to hydrolysis) is 1. The standard InChI is InChI=1S/C33H44ClN3O10/c1-17-10-9-11-25(39)33(43)16-24(45-31(42)35-33)18(2)29-32(5,47-29)26(46-30(41)19(3)36(6)20(4)38)15-27(40)37(7)22-13-21(12-17)14-23(44-8)28(22)34/h9-11,13-14,18-19,24-26,29,39,43H,12,15-16H2,1-8H3,(H,35,42). The van der Waals surface area contributed by atoms with Gasteiger partial charge in [0, 0.05) is 33.4 Å². The molecule has 3 N–H and O–H groups in total. The number of ether oxygens (including phenoxy) is 4. The first-order chi connectivity index (χ1) is 21.9. The topological polar surface area (TPSA) is 167 Å². The maximum atomic E-state index is 13.9. The number of hydrogen-bond donors (Lipinski definition) is 3. The Morgan fingerprint density at radius 2 is 1.96 bits per heavy atom. The first-order valence-electron chi connectivity index (χ1n) is 15.4. The van der Waals surface area contributed by atoms with Crippen molar-refractivity contribution >= 4 is 41.2 Å². The predicted octanol–water partition coefficient (Wildman–Crippen LogP) is 2.88. The molecule has 13 nitrogen and oxygen atoms in total. The molecule has 8 atom stereocenters. The largest absolute Gasteiger partial charge is 0.495 e. The van der Waals surface area contributed by atoms with E-state index < -0.39 is 65.7 Å². The third-order valence-corrected chi connectivity index (χ3v) is 9.78. The van der Waals surface area contributed by atoms with Crippen molar-refractivity contribution in [2.75, 3.05) is 26.1 Å². The summed E-state index contributed by atoms with van der Waals surface area (Å²) in [5, 5.41) is 24.8. The van der Waals surface area contributed by atoms with E-state index in [1.54, 1.807) is 45.2 Å². The molecular formula is C33H44ClN3O10. The van der Waals surface area contributed by atoms with E-state index in [1.807, 2.05) is 6.92 Å². The minimum absolute atomic E-state index is 0.180. The first kappa shape index (κ1) is 36.2. The van der Waals surface area contributed by atoms with Crippen molar-refractivity contribution in [1.29, 1.82) is 0 Å². The van der Waals surface area contributed by atoms with Gasteiger partial charge in [0.1, 0.15) is 40.7 Å². The molecule has 47 heavy (non-hydrogen) atoms. The number of aliphatic hydroxyl groups excluding tert-OH is 1. The normalized spacial score (nSPS) is 31.9. The number of amides is 3. The zero-order chi connectivity index (χ0) is 35.0. The highest BCUT2D eigenvalue weighted by Crippen LogP contribution is 2.49. The number of carbonyl (C=O) groups is 4. The van der Waals surface area contributed by atoms with Crippen molar-refractivity contribution in [1.82, 2.24) is 10.2 Å². The molecule has 0 saturated carbocycles. The molecule has 14 heteroatoms. The van der Waals surface area contributed by atoms with Crippen molar-refractivity contribution in [2.24, 2.45) is 5.92 Å². The number of esters is 1. The highest BCUT2D eigenvalue weighted by atomic mass is 35.5. The third kappa shape index (κ3) is 7.58. The van der Waals surface area contributed by atoms with E-state index in [4.69, 9.17) is 30.5 Å². The fourth-order valence-electron chi connectivity index (χ4n) is 6.01. The molecule has 2 fully saturated rings. The summed E-state index contributed by atoms with van der Waals surface area (Å²) in [5.41, 5.74) is -1.25. The molecule has 3 aliphatic rings. The summed E-state index contributed by atoms with van der Waals surface area (Å²) in [6.45, 7) is 8.13. The Morgan fingerprint density at radius 1 is 1.28 bits per heavy atom. The summed E-state index contributed by atoms with van der Waals surface area (Å²) in [6.07, 6.45) is -0.505. The number of aliphatic hydroxyl groups is 2. The Morgan fingerprint density at radius 3 is 2.60 bits per heavy atom. The molecule has 1 aromatic rings. The lowest BCUT2D eigenvalue weighted by atomic mass is 9.83. The van der Waals surface area contributed by atoms with Crippen LogP contribution < -0.4 is 15.0 Å². The Bertz CT molecular complexity index is 1480. The predicted molar refractivity (Wildman–Crippen MR) is 172 cm³/mol. The highest BCUT2D eigenvalue weighted by molar-refractivity contribution is 6.35. The van der Waals surface area contributed by atoms with Crippen molar-refractivity contribution in [3.63, 3.8) is 0 Å². The Balaban J connectivity index is 1.78. The molecule has 4 rings (SSSR count). The fourth-order valence-corrected chi connectivity index (χ4v) is 6.33. The molecule has 8 unspecified atom stereocenters. The molecule has 0 spiro atoms. The van der Waals surface area contributed by atoms with Crippen LogP contribution in [0.2, 0.25) is 5.02 Å². The number of carbonyl (C=O) groups excluding carboxylic acids is 4. The van der Waals surface area contributed by atoms with E-state index in [0.717, 1.165) is 11.1 Å². The molecule has 0 radical (unpaired) electrons. The van der Waals surface area contributed by atoms with Crippen LogP contribution >= 0.6 is 11.6 Å². The second-order valence-corrected chi connectivity index (χ2v) is 13.2. The van der Waals surface area contributed by atoms with Crippen LogP contribution in [0, 0.1) is 5.92 Å². The Kier molecular flexibility index (Phi) is 10.7. The number of rotatable bonds is 4. The zero-order valence-corrected chi connectivity index (χ0v) is 28.7. The van der Waals surface area contributed by atoms with E-state index in [0.29, 0.717) is 17.9 Å². The molecule has 4 bridgehead atoms. The minimum atomic E-state index is -2.05. The van der Waals surface area contributed by atoms with Crippen LogP contribution in [-0.4, -0.2) is 102 Å². The SMILES string of the molecule is COc1cc2cc(c1Cl)N(C)C(=O)CC(OC(=O)C(C)N(C)C(C)=O)C1(C)OC1C(C)C1CC(O)(NC(=O)O1)C(O)C=CC=C(C)C2. The van der Waals surface area contributed by atoms with E-state index in [2.05, 4.69) is 5.32 Å². The van der Waals surface area contributed by atoms with E-state index >= 15 is 0 Å². The lowest BCUT2D eigenvalue weighted by Gasteiger charge is -2.41. The summed E-state index contributed by atoms with van der Waals surface area (Å²) < 4.78 is 23.1. The van der Waals surface area contributed by atoms with Crippen LogP contribution in [0.4, 0.5) is 10.5 Å². The Labute approximate surface area is 279 Å². The van der Waals surface area contributed by atoms with Gasteiger partial charge >= 0.3 is 12.1 Å². The number of benzene rings is 1.